The van der Waals surface area contributed by atoms with Gasteiger partial charge in [-0.05, 0) is 44.7 Å². The molecule has 2 fully saturated rings. The smallest absolute Gasteiger partial charge is 0.381 e. The molecule has 9 heteroatoms. The summed E-state index contributed by atoms with van der Waals surface area (Å²) in [7, 11) is 0. The summed E-state index contributed by atoms with van der Waals surface area (Å²) in [5.74, 6) is -2.00. The van der Waals surface area contributed by atoms with Gasteiger partial charge in [0.15, 0.2) is 0 Å². The molecule has 2 N–H and O–H groups in total. The molecule has 0 saturated carbocycles. The number of carbonyl (C=O) groups is 2. The first-order valence-electron chi connectivity index (χ1n) is 8.30. The quantitative estimate of drug-likeness (QED) is 0.731. The van der Waals surface area contributed by atoms with Crippen LogP contribution in [0.25, 0.3) is 0 Å². The molecule has 0 bridgehead atoms. The van der Waals surface area contributed by atoms with Gasteiger partial charge in [0.25, 0.3) is 0 Å². The predicted molar refractivity (Wildman–Crippen MR) is 80.2 cm³/mol. The molecule has 0 spiro atoms. The first-order valence-corrected chi connectivity index (χ1v) is 8.30. The molecule has 2 aliphatic rings. The first-order chi connectivity index (χ1) is 11.3. The van der Waals surface area contributed by atoms with E-state index in [1.807, 2.05) is 0 Å². The maximum absolute atomic E-state index is 12.0. The molecular weight excluding hydrogens is 327 g/mol. The van der Waals surface area contributed by atoms with Crippen LogP contribution in [-0.4, -0.2) is 68.3 Å². The van der Waals surface area contributed by atoms with Gasteiger partial charge in [0, 0.05) is 25.8 Å². The SMILES string of the molecule is O=C(NCC1CCN(C2CCOCC2)CC1)C(=O)NCC(F)(F)F. The van der Waals surface area contributed by atoms with Gasteiger partial charge in [-0.25, -0.2) is 0 Å². The highest BCUT2D eigenvalue weighted by Gasteiger charge is 2.30. The van der Waals surface area contributed by atoms with E-state index in [1.54, 1.807) is 5.32 Å². The van der Waals surface area contributed by atoms with Crippen LogP contribution >= 0.6 is 0 Å². The van der Waals surface area contributed by atoms with Crippen molar-refractivity contribution in [3.05, 3.63) is 0 Å². The van der Waals surface area contributed by atoms with Gasteiger partial charge in [-0.15, -0.1) is 0 Å². The molecule has 0 unspecified atom stereocenters. The Morgan fingerprint density at radius 2 is 1.58 bits per heavy atom. The van der Waals surface area contributed by atoms with Crippen molar-refractivity contribution in [1.82, 2.24) is 15.5 Å². The number of piperidine rings is 1. The fraction of sp³-hybridized carbons (Fsp3) is 0.867. The number of nitrogens with one attached hydrogen (secondary N) is 2. The number of nitrogens with zero attached hydrogens (tertiary/aromatic N) is 1. The van der Waals surface area contributed by atoms with Crippen LogP contribution < -0.4 is 10.6 Å². The fourth-order valence-corrected chi connectivity index (χ4v) is 3.15. The zero-order valence-electron chi connectivity index (χ0n) is 13.5. The molecule has 6 nitrogen and oxygen atoms in total. The molecule has 2 saturated heterocycles. The van der Waals surface area contributed by atoms with Crippen LogP contribution in [0.2, 0.25) is 0 Å². The minimum absolute atomic E-state index is 0.250. The Labute approximate surface area is 139 Å². The third-order valence-electron chi connectivity index (χ3n) is 4.56. The van der Waals surface area contributed by atoms with E-state index in [2.05, 4.69) is 10.2 Å². The number of alkyl halides is 3. The van der Waals surface area contributed by atoms with Crippen LogP contribution in [0.15, 0.2) is 0 Å². The maximum atomic E-state index is 12.0. The zero-order valence-corrected chi connectivity index (χ0v) is 13.5. The zero-order chi connectivity index (χ0) is 17.6. The second-order valence-corrected chi connectivity index (χ2v) is 6.33. The summed E-state index contributed by atoms with van der Waals surface area (Å²) in [6, 6.07) is 0.558. The number of ether oxygens (including phenoxy) is 1. The Bertz CT molecular complexity index is 431. The predicted octanol–water partition coefficient (Wildman–Crippen LogP) is 0.672. The minimum Gasteiger partial charge on any atom is -0.381 e. The van der Waals surface area contributed by atoms with Gasteiger partial charge in [0.1, 0.15) is 6.54 Å². The molecule has 138 valence electrons. The molecular formula is C15H24F3N3O3. The average molecular weight is 351 g/mol. The van der Waals surface area contributed by atoms with Crippen LogP contribution in [0.3, 0.4) is 0 Å². The van der Waals surface area contributed by atoms with E-state index in [1.165, 1.54) is 0 Å². The Morgan fingerprint density at radius 3 is 2.17 bits per heavy atom. The monoisotopic (exact) mass is 351 g/mol. The van der Waals surface area contributed by atoms with Gasteiger partial charge in [-0.2, -0.15) is 13.2 Å². The molecule has 0 aromatic rings. The molecule has 0 radical (unpaired) electrons. The number of likely N-dealkylation sites (tertiary alicyclic amines) is 1. The van der Waals surface area contributed by atoms with Gasteiger partial charge in [-0.1, -0.05) is 0 Å². The van der Waals surface area contributed by atoms with E-state index in [0.29, 0.717) is 12.6 Å². The summed E-state index contributed by atoms with van der Waals surface area (Å²) in [4.78, 5) is 25.2. The molecule has 0 aliphatic carbocycles. The Morgan fingerprint density at radius 1 is 1.00 bits per heavy atom. The number of rotatable bonds is 4. The topological polar surface area (TPSA) is 70.7 Å². The molecule has 24 heavy (non-hydrogen) atoms. The minimum atomic E-state index is -4.52. The summed E-state index contributed by atoms with van der Waals surface area (Å²) in [5.41, 5.74) is 0. The second kappa shape index (κ2) is 8.66. The van der Waals surface area contributed by atoms with E-state index < -0.39 is 24.5 Å². The Kier molecular flexibility index (Phi) is 6.85. The normalized spacial score (nSPS) is 21.5. The van der Waals surface area contributed by atoms with Crippen molar-refractivity contribution in [1.29, 1.82) is 0 Å². The highest BCUT2D eigenvalue weighted by Crippen LogP contribution is 2.22. The van der Waals surface area contributed by atoms with Gasteiger partial charge < -0.3 is 20.3 Å². The largest absolute Gasteiger partial charge is 0.405 e. The van der Waals surface area contributed by atoms with Crippen LogP contribution in [0.5, 0.6) is 0 Å². The summed E-state index contributed by atoms with van der Waals surface area (Å²) >= 11 is 0. The third kappa shape index (κ3) is 6.27. The lowest BCUT2D eigenvalue weighted by molar-refractivity contribution is -0.146. The lowest BCUT2D eigenvalue weighted by Gasteiger charge is -2.39. The van der Waals surface area contributed by atoms with Gasteiger partial charge in [0.05, 0.1) is 0 Å². The summed E-state index contributed by atoms with van der Waals surface area (Å²) in [6.07, 6.45) is -0.627. The molecule has 2 amide bonds. The van der Waals surface area contributed by atoms with Crippen molar-refractivity contribution in [2.24, 2.45) is 5.92 Å². The van der Waals surface area contributed by atoms with Gasteiger partial charge in [0.2, 0.25) is 0 Å². The van der Waals surface area contributed by atoms with Crippen LogP contribution in [0.4, 0.5) is 13.2 Å². The third-order valence-corrected chi connectivity index (χ3v) is 4.56. The molecule has 2 aliphatic heterocycles. The standard InChI is InChI=1S/C15H24F3N3O3/c16-15(17,18)10-20-14(23)13(22)19-9-11-1-5-21(6-2-11)12-3-7-24-8-4-12/h11-12H,1-10H2,(H,19,22)(H,20,23). The lowest BCUT2D eigenvalue weighted by Crippen LogP contribution is -2.47. The fourth-order valence-electron chi connectivity index (χ4n) is 3.15. The van der Waals surface area contributed by atoms with Crippen molar-refractivity contribution in [2.75, 3.05) is 39.4 Å². The highest BCUT2D eigenvalue weighted by atomic mass is 19.4. The molecule has 2 heterocycles. The van der Waals surface area contributed by atoms with E-state index in [4.69, 9.17) is 4.74 Å². The van der Waals surface area contributed by atoms with Crippen LogP contribution in [-0.2, 0) is 14.3 Å². The van der Waals surface area contributed by atoms with E-state index in [-0.39, 0.29) is 5.92 Å². The van der Waals surface area contributed by atoms with Crippen molar-refractivity contribution in [3.8, 4) is 0 Å². The van der Waals surface area contributed by atoms with Crippen molar-refractivity contribution < 1.29 is 27.5 Å². The molecule has 0 aromatic heterocycles. The molecule has 0 atom stereocenters. The van der Waals surface area contributed by atoms with Crippen molar-refractivity contribution in [2.45, 2.75) is 37.9 Å². The Hall–Kier alpha value is -1.35. The van der Waals surface area contributed by atoms with E-state index in [0.717, 1.165) is 52.0 Å². The summed E-state index contributed by atoms with van der Waals surface area (Å²) in [6.45, 7) is 2.29. The number of carbonyl (C=O) groups excluding carboxylic acids is 2. The Balaban J connectivity index is 1.63. The first kappa shape index (κ1) is 19.0. The number of hydrogen-bond acceptors (Lipinski definition) is 4. The van der Waals surface area contributed by atoms with Gasteiger partial charge >= 0.3 is 18.0 Å². The lowest BCUT2D eigenvalue weighted by atomic mass is 9.94. The number of halogens is 3. The number of hydrogen-bond donors (Lipinski definition) is 2. The summed E-state index contributed by atoms with van der Waals surface area (Å²) < 4.78 is 41.3. The number of amides is 2. The average Bonchev–Trinajstić information content (AvgIpc) is 2.58. The molecule has 2 rings (SSSR count). The second-order valence-electron chi connectivity index (χ2n) is 6.33. The summed E-state index contributed by atoms with van der Waals surface area (Å²) in [5, 5.41) is 3.99. The van der Waals surface area contributed by atoms with E-state index >= 15 is 0 Å². The maximum Gasteiger partial charge on any atom is 0.405 e. The van der Waals surface area contributed by atoms with Crippen LogP contribution in [0.1, 0.15) is 25.7 Å². The highest BCUT2D eigenvalue weighted by molar-refractivity contribution is 6.35. The molecule has 0 aromatic carbocycles. The van der Waals surface area contributed by atoms with Gasteiger partial charge in [-0.3, -0.25) is 9.59 Å². The van der Waals surface area contributed by atoms with Crippen LogP contribution in [0, 0.1) is 5.92 Å². The van der Waals surface area contributed by atoms with Crippen molar-refractivity contribution >= 4 is 11.8 Å². The van der Waals surface area contributed by atoms with E-state index in [9.17, 15) is 22.8 Å². The van der Waals surface area contributed by atoms with Crippen molar-refractivity contribution in [3.63, 3.8) is 0 Å².